The standard InChI is InChI=1S/C12H9NO4/c1-17-12(16)10-6-8(11(14)15)7-4-2-3-5-9(7)13-10/h2-6H,1H3,(H,14,15). The lowest BCUT2D eigenvalue weighted by atomic mass is 10.1. The van der Waals surface area contributed by atoms with E-state index in [2.05, 4.69) is 9.72 Å². The van der Waals surface area contributed by atoms with Gasteiger partial charge in [0.15, 0.2) is 0 Å². The average Bonchev–Trinajstić information content (AvgIpc) is 2.36. The van der Waals surface area contributed by atoms with Crippen LogP contribution in [0.15, 0.2) is 30.3 Å². The molecule has 0 saturated carbocycles. The van der Waals surface area contributed by atoms with Crippen molar-refractivity contribution >= 4 is 22.8 Å². The number of rotatable bonds is 2. The van der Waals surface area contributed by atoms with E-state index in [9.17, 15) is 9.59 Å². The summed E-state index contributed by atoms with van der Waals surface area (Å²) in [6.45, 7) is 0. The molecule has 1 N–H and O–H groups in total. The van der Waals surface area contributed by atoms with Crippen LogP contribution in [-0.4, -0.2) is 29.1 Å². The zero-order valence-corrected chi connectivity index (χ0v) is 9.01. The highest BCUT2D eigenvalue weighted by atomic mass is 16.5. The Kier molecular flexibility index (Phi) is 2.74. The van der Waals surface area contributed by atoms with Gasteiger partial charge in [-0.15, -0.1) is 0 Å². The van der Waals surface area contributed by atoms with Gasteiger partial charge in [0.25, 0.3) is 0 Å². The first-order chi connectivity index (χ1) is 8.13. The largest absolute Gasteiger partial charge is 0.478 e. The third-order valence-electron chi connectivity index (χ3n) is 2.34. The number of carboxylic acid groups (broad SMARTS) is 1. The molecule has 0 amide bonds. The molecule has 17 heavy (non-hydrogen) atoms. The molecule has 0 aliphatic heterocycles. The smallest absolute Gasteiger partial charge is 0.356 e. The maximum atomic E-state index is 11.4. The topological polar surface area (TPSA) is 76.5 Å². The van der Waals surface area contributed by atoms with Gasteiger partial charge in [-0.05, 0) is 12.1 Å². The average molecular weight is 231 g/mol. The number of ether oxygens (including phenoxy) is 1. The molecule has 0 aliphatic carbocycles. The van der Waals surface area contributed by atoms with Crippen LogP contribution >= 0.6 is 0 Å². The van der Waals surface area contributed by atoms with E-state index < -0.39 is 11.9 Å². The summed E-state index contributed by atoms with van der Waals surface area (Å²) >= 11 is 0. The van der Waals surface area contributed by atoms with Gasteiger partial charge < -0.3 is 9.84 Å². The Hall–Kier alpha value is -2.43. The van der Waals surface area contributed by atoms with Crippen molar-refractivity contribution in [3.63, 3.8) is 0 Å². The molecule has 1 aromatic heterocycles. The molecule has 2 aromatic rings. The number of benzene rings is 1. The lowest BCUT2D eigenvalue weighted by Gasteiger charge is -2.04. The van der Waals surface area contributed by atoms with Gasteiger partial charge in [-0.3, -0.25) is 0 Å². The Bertz CT molecular complexity index is 606. The summed E-state index contributed by atoms with van der Waals surface area (Å²) in [5.74, 6) is -1.76. The van der Waals surface area contributed by atoms with Gasteiger partial charge in [0.2, 0.25) is 0 Å². The number of fused-ring (bicyclic) bond motifs is 1. The van der Waals surface area contributed by atoms with Gasteiger partial charge in [-0.1, -0.05) is 18.2 Å². The Balaban J connectivity index is 2.76. The van der Waals surface area contributed by atoms with Gasteiger partial charge in [0.1, 0.15) is 5.69 Å². The van der Waals surface area contributed by atoms with Gasteiger partial charge in [-0.2, -0.15) is 0 Å². The van der Waals surface area contributed by atoms with E-state index in [1.54, 1.807) is 24.3 Å². The first kappa shape index (κ1) is 11.1. The van der Waals surface area contributed by atoms with E-state index in [1.165, 1.54) is 13.2 Å². The van der Waals surface area contributed by atoms with Crippen LogP contribution < -0.4 is 0 Å². The van der Waals surface area contributed by atoms with E-state index in [4.69, 9.17) is 5.11 Å². The second kappa shape index (κ2) is 4.21. The Labute approximate surface area is 96.7 Å². The predicted octanol–water partition coefficient (Wildman–Crippen LogP) is 1.72. The number of aromatic carboxylic acids is 1. The highest BCUT2D eigenvalue weighted by Gasteiger charge is 2.15. The van der Waals surface area contributed by atoms with Crippen LogP contribution in [0.2, 0.25) is 0 Å². The fraction of sp³-hybridized carbons (Fsp3) is 0.0833. The maximum Gasteiger partial charge on any atom is 0.356 e. The van der Waals surface area contributed by atoms with Crippen molar-refractivity contribution in [1.29, 1.82) is 0 Å². The molecule has 0 radical (unpaired) electrons. The van der Waals surface area contributed by atoms with Crippen molar-refractivity contribution in [2.75, 3.05) is 7.11 Å². The fourth-order valence-electron chi connectivity index (χ4n) is 1.56. The van der Waals surface area contributed by atoms with Crippen LogP contribution in [-0.2, 0) is 4.74 Å². The van der Waals surface area contributed by atoms with Crippen LogP contribution in [0.25, 0.3) is 10.9 Å². The quantitative estimate of drug-likeness (QED) is 0.796. The van der Waals surface area contributed by atoms with E-state index >= 15 is 0 Å². The van der Waals surface area contributed by atoms with Crippen molar-refractivity contribution in [2.45, 2.75) is 0 Å². The van der Waals surface area contributed by atoms with Gasteiger partial charge in [0.05, 0.1) is 18.2 Å². The molecule has 0 spiro atoms. The zero-order chi connectivity index (χ0) is 12.4. The van der Waals surface area contributed by atoms with Gasteiger partial charge in [-0.25, -0.2) is 14.6 Å². The minimum atomic E-state index is -1.10. The zero-order valence-electron chi connectivity index (χ0n) is 9.01. The molecular formula is C12H9NO4. The summed E-state index contributed by atoms with van der Waals surface area (Å²) in [7, 11) is 1.22. The SMILES string of the molecule is COC(=O)c1cc(C(=O)O)c2ccccc2n1. The lowest BCUT2D eigenvalue weighted by molar-refractivity contribution is 0.0594. The number of methoxy groups -OCH3 is 1. The number of aromatic nitrogens is 1. The Morgan fingerprint density at radius 1 is 1.29 bits per heavy atom. The van der Waals surface area contributed by atoms with E-state index in [0.717, 1.165) is 0 Å². The second-order valence-corrected chi connectivity index (χ2v) is 3.37. The molecule has 0 saturated heterocycles. The fourth-order valence-corrected chi connectivity index (χ4v) is 1.56. The van der Waals surface area contributed by atoms with E-state index in [1.807, 2.05) is 0 Å². The van der Waals surface area contributed by atoms with Crippen LogP contribution in [0.1, 0.15) is 20.8 Å². The highest BCUT2D eigenvalue weighted by Crippen LogP contribution is 2.18. The van der Waals surface area contributed by atoms with Crippen molar-refractivity contribution in [1.82, 2.24) is 4.98 Å². The van der Waals surface area contributed by atoms with Crippen molar-refractivity contribution in [3.05, 3.63) is 41.6 Å². The number of para-hydroxylation sites is 1. The molecule has 0 fully saturated rings. The van der Waals surface area contributed by atoms with E-state index in [0.29, 0.717) is 10.9 Å². The third kappa shape index (κ3) is 1.94. The molecule has 1 heterocycles. The maximum absolute atomic E-state index is 11.4. The number of hydrogen-bond donors (Lipinski definition) is 1. The molecule has 1 aromatic carbocycles. The summed E-state index contributed by atoms with van der Waals surface area (Å²) in [5.41, 5.74) is 0.479. The number of hydrogen-bond acceptors (Lipinski definition) is 4. The molecule has 0 bridgehead atoms. The molecule has 5 nitrogen and oxygen atoms in total. The summed E-state index contributed by atoms with van der Waals surface area (Å²) in [6, 6.07) is 7.95. The number of carbonyl (C=O) groups is 2. The molecule has 0 atom stereocenters. The lowest BCUT2D eigenvalue weighted by Crippen LogP contribution is -2.08. The highest BCUT2D eigenvalue weighted by molar-refractivity contribution is 6.04. The van der Waals surface area contributed by atoms with Gasteiger partial charge >= 0.3 is 11.9 Å². The molecular weight excluding hydrogens is 222 g/mol. The van der Waals surface area contributed by atoms with Crippen molar-refractivity contribution in [2.24, 2.45) is 0 Å². The Morgan fingerprint density at radius 3 is 2.65 bits per heavy atom. The number of carboxylic acids is 1. The summed E-state index contributed by atoms with van der Waals surface area (Å²) in [5, 5.41) is 9.58. The normalized spacial score (nSPS) is 10.2. The molecule has 86 valence electrons. The number of carbonyl (C=O) groups excluding carboxylic acids is 1. The van der Waals surface area contributed by atoms with Crippen LogP contribution in [0.3, 0.4) is 0 Å². The van der Waals surface area contributed by atoms with Crippen LogP contribution in [0, 0.1) is 0 Å². The Morgan fingerprint density at radius 2 is 2.00 bits per heavy atom. The number of nitrogens with zero attached hydrogens (tertiary/aromatic N) is 1. The minimum Gasteiger partial charge on any atom is -0.478 e. The number of esters is 1. The van der Waals surface area contributed by atoms with Crippen LogP contribution in [0.5, 0.6) is 0 Å². The first-order valence-electron chi connectivity index (χ1n) is 4.85. The monoisotopic (exact) mass is 231 g/mol. The minimum absolute atomic E-state index is 0.0106. The van der Waals surface area contributed by atoms with Crippen molar-refractivity contribution in [3.8, 4) is 0 Å². The molecule has 5 heteroatoms. The summed E-state index contributed by atoms with van der Waals surface area (Å²) < 4.78 is 4.53. The van der Waals surface area contributed by atoms with Crippen molar-refractivity contribution < 1.29 is 19.4 Å². The summed E-state index contributed by atoms with van der Waals surface area (Å²) in [6.07, 6.45) is 0. The molecule has 2 rings (SSSR count). The third-order valence-corrected chi connectivity index (χ3v) is 2.34. The first-order valence-corrected chi connectivity index (χ1v) is 4.85. The number of pyridine rings is 1. The predicted molar refractivity (Wildman–Crippen MR) is 60.0 cm³/mol. The van der Waals surface area contributed by atoms with Gasteiger partial charge in [0, 0.05) is 5.39 Å². The second-order valence-electron chi connectivity index (χ2n) is 3.37. The molecule has 0 aliphatic rings. The van der Waals surface area contributed by atoms with Crippen LogP contribution in [0.4, 0.5) is 0 Å². The summed E-state index contributed by atoms with van der Waals surface area (Å²) in [4.78, 5) is 26.5. The van der Waals surface area contributed by atoms with E-state index in [-0.39, 0.29) is 11.3 Å². The molecule has 0 unspecified atom stereocenters.